The molecule has 1 atom stereocenters. The van der Waals surface area contributed by atoms with Crippen molar-refractivity contribution in [1.82, 2.24) is 15.0 Å². The number of nitrogens with zero attached hydrogens (tertiary/aromatic N) is 3. The van der Waals surface area contributed by atoms with Gasteiger partial charge in [0.05, 0.1) is 19.0 Å². The zero-order chi connectivity index (χ0) is 12.3. The molecule has 1 N–H and O–H groups in total. The van der Waals surface area contributed by atoms with Gasteiger partial charge in [0.2, 0.25) is 5.88 Å². The molecule has 0 bridgehead atoms. The summed E-state index contributed by atoms with van der Waals surface area (Å²) in [6.45, 7) is 0. The maximum atomic E-state index is 12.7. The van der Waals surface area contributed by atoms with Crippen molar-refractivity contribution in [3.63, 3.8) is 0 Å². The molecule has 0 saturated carbocycles. The van der Waals surface area contributed by atoms with E-state index in [0.717, 1.165) is 6.20 Å². The van der Waals surface area contributed by atoms with Gasteiger partial charge in [-0.3, -0.25) is 9.97 Å². The van der Waals surface area contributed by atoms with Gasteiger partial charge in [-0.1, -0.05) is 0 Å². The first-order valence-corrected chi connectivity index (χ1v) is 4.87. The minimum atomic E-state index is -1.10. The number of aliphatic hydroxyl groups is 1. The van der Waals surface area contributed by atoms with Gasteiger partial charge in [0.25, 0.3) is 0 Å². The van der Waals surface area contributed by atoms with Gasteiger partial charge in [0.15, 0.2) is 0 Å². The van der Waals surface area contributed by atoms with Crippen LogP contribution in [0.25, 0.3) is 0 Å². The van der Waals surface area contributed by atoms with Crippen molar-refractivity contribution < 1.29 is 14.2 Å². The highest BCUT2D eigenvalue weighted by Crippen LogP contribution is 2.24. The second kappa shape index (κ2) is 4.84. The smallest absolute Gasteiger partial charge is 0.238 e. The summed E-state index contributed by atoms with van der Waals surface area (Å²) in [5.74, 6) is -0.252. The van der Waals surface area contributed by atoms with Gasteiger partial charge < -0.3 is 9.84 Å². The molecular formula is C11H10FN3O2. The Morgan fingerprint density at radius 2 is 2.00 bits per heavy atom. The first kappa shape index (κ1) is 11.4. The van der Waals surface area contributed by atoms with Crippen LogP contribution in [0.3, 0.4) is 0 Å². The highest BCUT2D eigenvalue weighted by molar-refractivity contribution is 5.26. The highest BCUT2D eigenvalue weighted by Gasteiger charge is 2.18. The topological polar surface area (TPSA) is 68.1 Å². The molecule has 2 rings (SSSR count). The average Bonchev–Trinajstić information content (AvgIpc) is 2.39. The Kier molecular flexibility index (Phi) is 3.24. The van der Waals surface area contributed by atoms with Crippen LogP contribution in [0.5, 0.6) is 5.88 Å². The van der Waals surface area contributed by atoms with E-state index in [1.54, 1.807) is 0 Å². The van der Waals surface area contributed by atoms with Crippen molar-refractivity contribution in [2.24, 2.45) is 0 Å². The summed E-state index contributed by atoms with van der Waals surface area (Å²) >= 11 is 0. The minimum absolute atomic E-state index is 0.214. The molecule has 2 aromatic heterocycles. The first-order valence-electron chi connectivity index (χ1n) is 4.87. The Morgan fingerprint density at radius 1 is 1.24 bits per heavy atom. The van der Waals surface area contributed by atoms with Crippen LogP contribution in [-0.2, 0) is 0 Å². The Hall–Kier alpha value is -2.08. The molecule has 6 heteroatoms. The van der Waals surface area contributed by atoms with E-state index in [4.69, 9.17) is 4.74 Å². The van der Waals surface area contributed by atoms with E-state index < -0.39 is 11.9 Å². The van der Waals surface area contributed by atoms with E-state index in [2.05, 4.69) is 15.0 Å². The monoisotopic (exact) mass is 235 g/mol. The Bertz CT molecular complexity index is 504. The molecule has 1 unspecified atom stereocenters. The molecule has 88 valence electrons. The van der Waals surface area contributed by atoms with Gasteiger partial charge in [-0.2, -0.15) is 0 Å². The Labute approximate surface area is 97.0 Å². The van der Waals surface area contributed by atoms with Crippen LogP contribution in [0.4, 0.5) is 4.39 Å². The summed E-state index contributed by atoms with van der Waals surface area (Å²) in [4.78, 5) is 11.7. The quantitative estimate of drug-likeness (QED) is 0.862. The van der Waals surface area contributed by atoms with Crippen LogP contribution >= 0.6 is 0 Å². The van der Waals surface area contributed by atoms with Gasteiger partial charge in [0.1, 0.15) is 17.6 Å². The molecule has 0 saturated heterocycles. The predicted molar refractivity (Wildman–Crippen MR) is 56.8 cm³/mol. The van der Waals surface area contributed by atoms with Crippen LogP contribution < -0.4 is 4.74 Å². The first-order chi connectivity index (χ1) is 8.22. The summed E-state index contributed by atoms with van der Waals surface area (Å²) in [6, 6.07) is 2.60. The number of rotatable bonds is 3. The number of aliphatic hydroxyl groups excluding tert-OH is 1. The minimum Gasteiger partial charge on any atom is -0.480 e. The number of ether oxygens (including phenoxy) is 1. The summed E-state index contributed by atoms with van der Waals surface area (Å²) in [6.07, 6.45) is 2.82. The molecule has 0 spiro atoms. The molecule has 17 heavy (non-hydrogen) atoms. The number of hydrogen-bond acceptors (Lipinski definition) is 5. The van der Waals surface area contributed by atoms with Crippen molar-refractivity contribution in [3.8, 4) is 5.88 Å². The third-order valence-corrected chi connectivity index (χ3v) is 2.17. The lowest BCUT2D eigenvalue weighted by atomic mass is 10.1. The number of methoxy groups -OCH3 is 1. The normalized spacial score (nSPS) is 12.2. The summed E-state index contributed by atoms with van der Waals surface area (Å²) in [5.41, 5.74) is 0.527. The fourth-order valence-electron chi connectivity index (χ4n) is 1.37. The average molecular weight is 235 g/mol. The van der Waals surface area contributed by atoms with Gasteiger partial charge in [-0.25, -0.2) is 9.37 Å². The van der Waals surface area contributed by atoms with Crippen LogP contribution in [0.2, 0.25) is 0 Å². The molecule has 2 heterocycles. The lowest BCUT2D eigenvalue weighted by Crippen LogP contribution is -2.07. The van der Waals surface area contributed by atoms with Crippen molar-refractivity contribution >= 4 is 0 Å². The molecule has 0 fully saturated rings. The number of hydrogen-bond donors (Lipinski definition) is 1. The van der Waals surface area contributed by atoms with Crippen molar-refractivity contribution in [3.05, 3.63) is 47.9 Å². The lowest BCUT2D eigenvalue weighted by Gasteiger charge is -2.11. The molecule has 0 aliphatic carbocycles. The molecule has 0 aliphatic heterocycles. The molecule has 2 aromatic rings. The van der Waals surface area contributed by atoms with Gasteiger partial charge in [0, 0.05) is 12.4 Å². The molecule has 0 radical (unpaired) electrons. The fourth-order valence-corrected chi connectivity index (χ4v) is 1.37. The van der Waals surface area contributed by atoms with Crippen molar-refractivity contribution in [2.75, 3.05) is 7.11 Å². The van der Waals surface area contributed by atoms with E-state index >= 15 is 0 Å². The largest absolute Gasteiger partial charge is 0.480 e. The van der Waals surface area contributed by atoms with Crippen molar-refractivity contribution in [1.29, 1.82) is 0 Å². The third-order valence-electron chi connectivity index (χ3n) is 2.17. The molecular weight excluding hydrogens is 225 g/mol. The highest BCUT2D eigenvalue weighted by atomic mass is 19.1. The third kappa shape index (κ3) is 2.36. The van der Waals surface area contributed by atoms with Crippen LogP contribution in [0.15, 0.2) is 30.7 Å². The summed E-state index contributed by atoms with van der Waals surface area (Å²) < 4.78 is 17.7. The van der Waals surface area contributed by atoms with E-state index in [1.807, 2.05) is 0 Å². The van der Waals surface area contributed by atoms with Crippen LogP contribution in [-0.4, -0.2) is 27.2 Å². The molecule has 0 amide bonds. The van der Waals surface area contributed by atoms with E-state index in [0.29, 0.717) is 0 Å². The maximum Gasteiger partial charge on any atom is 0.238 e. The van der Waals surface area contributed by atoms with E-state index in [1.165, 1.54) is 31.6 Å². The summed E-state index contributed by atoms with van der Waals surface area (Å²) in [5, 5.41) is 10.0. The Morgan fingerprint density at radius 3 is 2.65 bits per heavy atom. The van der Waals surface area contributed by atoms with Gasteiger partial charge in [-0.15, -0.1) is 0 Å². The lowest BCUT2D eigenvalue weighted by molar-refractivity contribution is 0.202. The summed E-state index contributed by atoms with van der Waals surface area (Å²) in [7, 11) is 1.43. The maximum absolute atomic E-state index is 12.7. The SMILES string of the molecule is COc1nccnc1C(O)c1ccc(F)cn1. The second-order valence-electron chi connectivity index (χ2n) is 3.25. The van der Waals surface area contributed by atoms with Crippen LogP contribution in [0, 0.1) is 5.82 Å². The van der Waals surface area contributed by atoms with Gasteiger partial charge in [-0.05, 0) is 12.1 Å². The standard InChI is InChI=1S/C11H10FN3O2/c1-17-11-9(13-4-5-14-11)10(16)8-3-2-7(12)6-15-8/h2-6,10,16H,1H3. The molecule has 5 nitrogen and oxygen atoms in total. The zero-order valence-corrected chi connectivity index (χ0v) is 9.04. The fraction of sp³-hybridized carbons (Fsp3) is 0.182. The number of pyridine rings is 1. The number of halogens is 1. The van der Waals surface area contributed by atoms with E-state index in [-0.39, 0.29) is 17.3 Å². The van der Waals surface area contributed by atoms with Crippen molar-refractivity contribution in [2.45, 2.75) is 6.10 Å². The number of aromatic nitrogens is 3. The van der Waals surface area contributed by atoms with Gasteiger partial charge >= 0.3 is 0 Å². The second-order valence-corrected chi connectivity index (χ2v) is 3.25. The molecule has 0 aliphatic rings. The van der Waals surface area contributed by atoms with Crippen LogP contribution in [0.1, 0.15) is 17.5 Å². The Balaban J connectivity index is 2.36. The van der Waals surface area contributed by atoms with E-state index in [9.17, 15) is 9.50 Å². The zero-order valence-electron chi connectivity index (χ0n) is 9.04. The predicted octanol–water partition coefficient (Wildman–Crippen LogP) is 1.10. The molecule has 0 aromatic carbocycles.